The van der Waals surface area contributed by atoms with Crippen LogP contribution in [0.15, 0.2) is 34.4 Å². The van der Waals surface area contributed by atoms with Crippen molar-refractivity contribution in [1.82, 2.24) is 20.0 Å². The van der Waals surface area contributed by atoms with Gasteiger partial charge in [-0.25, -0.2) is 9.78 Å². The maximum Gasteiger partial charge on any atom is 0.358 e. The summed E-state index contributed by atoms with van der Waals surface area (Å²) >= 11 is 1.33. The fraction of sp³-hybridized carbons (Fsp3) is 0. The van der Waals surface area contributed by atoms with Crippen LogP contribution < -0.4 is 0 Å². The van der Waals surface area contributed by atoms with Gasteiger partial charge in [0.2, 0.25) is 10.8 Å². The molecule has 0 unspecified atom stereocenters. The van der Waals surface area contributed by atoms with Crippen LogP contribution in [0.25, 0.3) is 16.6 Å². The topological polar surface area (TPSA) is 94.0 Å². The number of carbonyl (C=O) groups is 1. The number of rotatable bonds is 3. The fourth-order valence-corrected chi connectivity index (χ4v) is 2.11. The maximum atomic E-state index is 11.1. The summed E-state index contributed by atoms with van der Waals surface area (Å²) in [5, 5.41) is 18.9. The van der Waals surface area contributed by atoms with E-state index < -0.39 is 5.97 Å². The zero-order chi connectivity index (χ0) is 12.5. The summed E-state index contributed by atoms with van der Waals surface area (Å²) in [6.07, 6.45) is 3.06. The highest BCUT2D eigenvalue weighted by Crippen LogP contribution is 2.26. The van der Waals surface area contributed by atoms with Crippen LogP contribution in [0, 0.1) is 0 Å². The third-order valence-electron chi connectivity index (χ3n) is 2.23. The summed E-state index contributed by atoms with van der Waals surface area (Å²) < 4.78 is 6.57. The predicted octanol–water partition coefficient (Wildman–Crippen LogP) is 1.68. The van der Waals surface area contributed by atoms with Gasteiger partial charge in [-0.05, 0) is 12.1 Å². The van der Waals surface area contributed by atoms with Crippen LogP contribution in [-0.2, 0) is 0 Å². The van der Waals surface area contributed by atoms with Crippen LogP contribution in [0.2, 0.25) is 0 Å². The van der Waals surface area contributed by atoms with Crippen molar-refractivity contribution < 1.29 is 14.3 Å². The second-order valence-electron chi connectivity index (χ2n) is 3.30. The Kier molecular flexibility index (Phi) is 2.41. The van der Waals surface area contributed by atoms with Crippen molar-refractivity contribution >= 4 is 17.3 Å². The van der Waals surface area contributed by atoms with Crippen molar-refractivity contribution in [2.24, 2.45) is 0 Å². The maximum absolute atomic E-state index is 11.1. The van der Waals surface area contributed by atoms with E-state index in [0.29, 0.717) is 10.9 Å². The zero-order valence-electron chi connectivity index (χ0n) is 8.85. The summed E-state index contributed by atoms with van der Waals surface area (Å²) in [5.74, 6) is -0.781. The number of hydrogen-bond acceptors (Lipinski definition) is 6. The smallest absolute Gasteiger partial charge is 0.358 e. The lowest BCUT2D eigenvalue weighted by Crippen LogP contribution is -2.02. The summed E-state index contributed by atoms with van der Waals surface area (Å²) in [6.45, 7) is 0. The van der Waals surface area contributed by atoms with E-state index >= 15 is 0 Å². The Bertz CT molecular complexity index is 672. The molecule has 0 fully saturated rings. The predicted molar refractivity (Wildman–Crippen MR) is 61.7 cm³/mol. The molecule has 0 saturated heterocycles. The average molecular weight is 262 g/mol. The van der Waals surface area contributed by atoms with E-state index in [2.05, 4.69) is 15.3 Å². The van der Waals surface area contributed by atoms with Crippen LogP contribution in [0.5, 0.6) is 0 Å². The van der Waals surface area contributed by atoms with Crippen molar-refractivity contribution in [3.63, 3.8) is 0 Å². The molecule has 8 heteroatoms. The molecule has 0 aromatic carbocycles. The summed E-state index contributed by atoms with van der Waals surface area (Å²) in [6, 6.07) is 3.31. The minimum absolute atomic E-state index is 0.167. The van der Waals surface area contributed by atoms with Crippen molar-refractivity contribution in [2.45, 2.75) is 0 Å². The lowest BCUT2D eigenvalue weighted by Gasteiger charge is -2.00. The Morgan fingerprint density at radius 1 is 1.50 bits per heavy atom. The first-order chi connectivity index (χ1) is 8.77. The molecule has 0 aliphatic heterocycles. The molecule has 3 aromatic heterocycles. The quantitative estimate of drug-likeness (QED) is 0.771. The number of furan rings is 1. The van der Waals surface area contributed by atoms with Crippen molar-refractivity contribution in [2.75, 3.05) is 0 Å². The van der Waals surface area contributed by atoms with Crippen LogP contribution >= 0.6 is 11.3 Å². The number of aromatic nitrogens is 4. The molecule has 18 heavy (non-hydrogen) atoms. The summed E-state index contributed by atoms with van der Waals surface area (Å²) in [7, 11) is 0. The Morgan fingerprint density at radius 3 is 3.00 bits per heavy atom. The van der Waals surface area contributed by atoms with E-state index in [0.717, 1.165) is 0 Å². The van der Waals surface area contributed by atoms with Gasteiger partial charge in [0.15, 0.2) is 5.76 Å². The summed E-state index contributed by atoms with van der Waals surface area (Å²) in [4.78, 5) is 15.2. The Morgan fingerprint density at radius 2 is 2.39 bits per heavy atom. The van der Waals surface area contributed by atoms with E-state index in [1.54, 1.807) is 23.7 Å². The first-order valence-electron chi connectivity index (χ1n) is 4.90. The Hall–Kier alpha value is -2.48. The number of nitrogens with zero attached hydrogens (tertiary/aromatic N) is 4. The Labute approximate surface area is 104 Å². The fourth-order valence-electron chi connectivity index (χ4n) is 1.51. The summed E-state index contributed by atoms with van der Waals surface area (Å²) in [5.41, 5.74) is 0.114. The second kappa shape index (κ2) is 4.08. The van der Waals surface area contributed by atoms with Crippen LogP contribution in [0.3, 0.4) is 0 Å². The highest BCUT2D eigenvalue weighted by atomic mass is 32.1. The van der Waals surface area contributed by atoms with Crippen LogP contribution in [0.4, 0.5) is 0 Å². The number of aromatic carboxylic acids is 1. The Balaban J connectivity index is 2.25. The number of carboxylic acid groups (broad SMARTS) is 1. The van der Waals surface area contributed by atoms with Crippen molar-refractivity contribution in [3.8, 4) is 16.6 Å². The van der Waals surface area contributed by atoms with Gasteiger partial charge in [0.1, 0.15) is 5.69 Å². The molecule has 7 nitrogen and oxygen atoms in total. The first-order valence-corrected chi connectivity index (χ1v) is 5.78. The van der Waals surface area contributed by atoms with Crippen LogP contribution in [0.1, 0.15) is 10.5 Å². The first kappa shape index (κ1) is 10.7. The third-order valence-corrected chi connectivity index (χ3v) is 2.97. The van der Waals surface area contributed by atoms with Gasteiger partial charge in [0.25, 0.3) is 0 Å². The van der Waals surface area contributed by atoms with Gasteiger partial charge in [0, 0.05) is 11.6 Å². The SMILES string of the molecule is O=C(O)c1nnn(-c2nccs2)c1-c1ccco1. The van der Waals surface area contributed by atoms with Crippen LogP contribution in [-0.4, -0.2) is 31.1 Å². The lowest BCUT2D eigenvalue weighted by atomic mass is 10.2. The van der Waals surface area contributed by atoms with Gasteiger partial charge in [-0.3, -0.25) is 0 Å². The van der Waals surface area contributed by atoms with Gasteiger partial charge in [-0.1, -0.05) is 5.21 Å². The van der Waals surface area contributed by atoms with Crippen molar-refractivity contribution in [1.29, 1.82) is 0 Å². The van der Waals surface area contributed by atoms with E-state index in [1.165, 1.54) is 22.3 Å². The minimum atomic E-state index is -1.16. The molecule has 0 aliphatic rings. The van der Waals surface area contributed by atoms with E-state index in [9.17, 15) is 4.79 Å². The second-order valence-corrected chi connectivity index (χ2v) is 4.17. The standard InChI is InChI=1S/C10H6N4O3S/c15-9(16)7-8(6-2-1-4-17-6)14(13-12-7)10-11-3-5-18-10/h1-5H,(H,15,16). The zero-order valence-corrected chi connectivity index (χ0v) is 9.66. The molecule has 3 rings (SSSR count). The molecule has 0 atom stereocenters. The molecule has 0 spiro atoms. The minimum Gasteiger partial charge on any atom is -0.476 e. The molecule has 0 saturated carbocycles. The molecule has 0 aliphatic carbocycles. The molecule has 1 N–H and O–H groups in total. The number of hydrogen-bond donors (Lipinski definition) is 1. The largest absolute Gasteiger partial charge is 0.476 e. The molecular weight excluding hydrogens is 256 g/mol. The average Bonchev–Trinajstić information content (AvgIpc) is 3.10. The van der Waals surface area contributed by atoms with Gasteiger partial charge < -0.3 is 9.52 Å². The normalized spacial score (nSPS) is 10.7. The van der Waals surface area contributed by atoms with E-state index in [1.807, 2.05) is 0 Å². The van der Waals surface area contributed by atoms with Crippen molar-refractivity contribution in [3.05, 3.63) is 35.7 Å². The van der Waals surface area contributed by atoms with Gasteiger partial charge >= 0.3 is 5.97 Å². The van der Waals surface area contributed by atoms with Gasteiger partial charge in [0.05, 0.1) is 6.26 Å². The molecule has 0 bridgehead atoms. The third kappa shape index (κ3) is 1.59. The lowest BCUT2D eigenvalue weighted by molar-refractivity contribution is 0.0691. The molecule has 0 amide bonds. The highest BCUT2D eigenvalue weighted by molar-refractivity contribution is 7.12. The highest BCUT2D eigenvalue weighted by Gasteiger charge is 2.24. The van der Waals surface area contributed by atoms with E-state index in [-0.39, 0.29) is 11.4 Å². The molecule has 3 aromatic rings. The monoisotopic (exact) mass is 262 g/mol. The molecule has 0 radical (unpaired) electrons. The molecular formula is C10H6N4O3S. The molecule has 3 heterocycles. The number of carboxylic acids is 1. The van der Waals surface area contributed by atoms with Gasteiger partial charge in [-0.2, -0.15) is 4.68 Å². The van der Waals surface area contributed by atoms with E-state index in [4.69, 9.17) is 9.52 Å². The number of thiazole rings is 1. The van der Waals surface area contributed by atoms with Gasteiger partial charge in [-0.15, -0.1) is 16.4 Å². The molecule has 90 valence electrons.